The van der Waals surface area contributed by atoms with E-state index in [0.717, 1.165) is 38.8 Å². The van der Waals surface area contributed by atoms with Crippen LogP contribution in [0, 0.1) is 0 Å². The molecule has 2 aliphatic rings. The number of fused-ring (bicyclic) bond motifs is 1. The SMILES string of the molecule is CC(=O)NC1CCN(C(=O)C2(N(C)C)Cc3ccccc3C2)CC1. The summed E-state index contributed by atoms with van der Waals surface area (Å²) >= 11 is 0. The van der Waals surface area contributed by atoms with E-state index in [1.54, 1.807) is 6.92 Å². The highest BCUT2D eigenvalue weighted by Crippen LogP contribution is 2.35. The second-order valence-corrected chi connectivity index (χ2v) is 7.32. The summed E-state index contributed by atoms with van der Waals surface area (Å²) < 4.78 is 0. The molecule has 1 heterocycles. The maximum Gasteiger partial charge on any atom is 0.243 e. The van der Waals surface area contributed by atoms with E-state index in [1.807, 2.05) is 31.1 Å². The Bertz CT molecular complexity index is 608. The third kappa shape index (κ3) is 3.05. The predicted molar refractivity (Wildman–Crippen MR) is 93.7 cm³/mol. The number of benzene rings is 1. The number of carbonyl (C=O) groups is 2. The van der Waals surface area contributed by atoms with Crippen molar-refractivity contribution >= 4 is 11.8 Å². The Morgan fingerprint density at radius 1 is 1.12 bits per heavy atom. The first-order valence-corrected chi connectivity index (χ1v) is 8.73. The number of rotatable bonds is 3. The van der Waals surface area contributed by atoms with E-state index < -0.39 is 5.54 Å². The summed E-state index contributed by atoms with van der Waals surface area (Å²) in [5, 5.41) is 2.97. The Hall–Kier alpha value is -1.88. The van der Waals surface area contributed by atoms with Crippen molar-refractivity contribution in [2.45, 2.75) is 44.2 Å². The summed E-state index contributed by atoms with van der Waals surface area (Å²) in [7, 11) is 4.02. The van der Waals surface area contributed by atoms with E-state index in [4.69, 9.17) is 0 Å². The second-order valence-electron chi connectivity index (χ2n) is 7.32. The third-order valence-corrected chi connectivity index (χ3v) is 5.53. The zero-order chi connectivity index (χ0) is 17.3. The number of carbonyl (C=O) groups excluding carboxylic acids is 2. The molecule has 0 saturated carbocycles. The summed E-state index contributed by atoms with van der Waals surface area (Å²) in [6.07, 6.45) is 3.23. The van der Waals surface area contributed by atoms with Crippen LogP contribution in [0.4, 0.5) is 0 Å². The molecule has 1 aromatic carbocycles. The molecule has 2 amide bonds. The lowest BCUT2D eigenvalue weighted by Crippen LogP contribution is -2.60. The van der Waals surface area contributed by atoms with Crippen LogP contribution in [0.15, 0.2) is 24.3 Å². The third-order valence-electron chi connectivity index (χ3n) is 5.53. The Labute approximate surface area is 144 Å². The van der Waals surface area contributed by atoms with Crippen LogP contribution in [0.3, 0.4) is 0 Å². The lowest BCUT2D eigenvalue weighted by molar-refractivity contribution is -0.144. The molecule has 0 aromatic heterocycles. The number of nitrogens with zero attached hydrogens (tertiary/aromatic N) is 2. The van der Waals surface area contributed by atoms with Crippen LogP contribution in [-0.4, -0.2) is 60.4 Å². The minimum absolute atomic E-state index is 0.00998. The molecule has 24 heavy (non-hydrogen) atoms. The van der Waals surface area contributed by atoms with E-state index in [1.165, 1.54) is 11.1 Å². The quantitative estimate of drug-likeness (QED) is 0.907. The fraction of sp³-hybridized carbons (Fsp3) is 0.579. The molecule has 1 fully saturated rings. The molecular weight excluding hydrogens is 302 g/mol. The van der Waals surface area contributed by atoms with Gasteiger partial charge in [0.2, 0.25) is 11.8 Å². The van der Waals surface area contributed by atoms with Crippen molar-refractivity contribution in [2.24, 2.45) is 0 Å². The van der Waals surface area contributed by atoms with Gasteiger partial charge in [-0.15, -0.1) is 0 Å². The number of likely N-dealkylation sites (N-methyl/N-ethyl adjacent to an activating group) is 1. The zero-order valence-electron chi connectivity index (χ0n) is 14.8. The molecule has 0 unspecified atom stereocenters. The molecule has 5 nitrogen and oxygen atoms in total. The highest BCUT2D eigenvalue weighted by atomic mass is 16.2. The van der Waals surface area contributed by atoms with Crippen molar-refractivity contribution < 1.29 is 9.59 Å². The van der Waals surface area contributed by atoms with E-state index in [0.29, 0.717) is 0 Å². The van der Waals surface area contributed by atoms with Gasteiger partial charge in [0.1, 0.15) is 5.54 Å². The van der Waals surface area contributed by atoms with Crippen molar-refractivity contribution in [3.05, 3.63) is 35.4 Å². The summed E-state index contributed by atoms with van der Waals surface area (Å²) in [5.74, 6) is 0.237. The van der Waals surface area contributed by atoms with Crippen LogP contribution in [0.1, 0.15) is 30.9 Å². The molecule has 1 N–H and O–H groups in total. The number of nitrogens with one attached hydrogen (secondary N) is 1. The van der Waals surface area contributed by atoms with Crippen LogP contribution in [0.25, 0.3) is 0 Å². The minimum atomic E-state index is -0.468. The Morgan fingerprint density at radius 3 is 2.12 bits per heavy atom. The first-order valence-electron chi connectivity index (χ1n) is 8.73. The van der Waals surface area contributed by atoms with Crippen molar-refractivity contribution in [2.75, 3.05) is 27.2 Å². The van der Waals surface area contributed by atoms with Crippen LogP contribution >= 0.6 is 0 Å². The Morgan fingerprint density at radius 2 is 1.67 bits per heavy atom. The van der Waals surface area contributed by atoms with Gasteiger partial charge in [-0.3, -0.25) is 14.5 Å². The van der Waals surface area contributed by atoms with Gasteiger partial charge in [-0.2, -0.15) is 0 Å². The van der Waals surface area contributed by atoms with E-state index in [2.05, 4.69) is 22.3 Å². The van der Waals surface area contributed by atoms with Gasteiger partial charge < -0.3 is 10.2 Å². The van der Waals surface area contributed by atoms with E-state index in [-0.39, 0.29) is 17.9 Å². The van der Waals surface area contributed by atoms with E-state index >= 15 is 0 Å². The van der Waals surface area contributed by atoms with Crippen molar-refractivity contribution in [3.8, 4) is 0 Å². The lowest BCUT2D eigenvalue weighted by atomic mass is 9.90. The fourth-order valence-electron chi connectivity index (χ4n) is 4.06. The molecule has 0 radical (unpaired) electrons. The number of amides is 2. The van der Waals surface area contributed by atoms with Crippen LogP contribution < -0.4 is 5.32 Å². The van der Waals surface area contributed by atoms with Gasteiger partial charge in [0.25, 0.3) is 0 Å². The molecule has 1 aliphatic heterocycles. The summed E-state index contributed by atoms with van der Waals surface area (Å²) in [4.78, 5) is 28.6. The molecule has 0 atom stereocenters. The molecule has 3 rings (SSSR count). The minimum Gasteiger partial charge on any atom is -0.353 e. The highest BCUT2D eigenvalue weighted by molar-refractivity contribution is 5.88. The average Bonchev–Trinajstić information content (AvgIpc) is 2.95. The molecule has 1 saturated heterocycles. The normalized spacial score (nSPS) is 20.1. The highest BCUT2D eigenvalue weighted by Gasteiger charge is 2.48. The van der Waals surface area contributed by atoms with Gasteiger partial charge in [0.15, 0.2) is 0 Å². The maximum atomic E-state index is 13.4. The predicted octanol–water partition coefficient (Wildman–Crippen LogP) is 1.21. The van der Waals surface area contributed by atoms with Gasteiger partial charge in [-0.25, -0.2) is 0 Å². The first-order chi connectivity index (χ1) is 11.4. The summed E-state index contributed by atoms with van der Waals surface area (Å²) in [6.45, 7) is 2.99. The number of piperidine rings is 1. The molecule has 130 valence electrons. The monoisotopic (exact) mass is 329 g/mol. The van der Waals surface area contributed by atoms with Crippen LogP contribution in [0.2, 0.25) is 0 Å². The van der Waals surface area contributed by atoms with Crippen molar-refractivity contribution in [1.82, 2.24) is 15.1 Å². The zero-order valence-corrected chi connectivity index (χ0v) is 14.8. The second kappa shape index (κ2) is 6.55. The molecule has 5 heteroatoms. The summed E-state index contributed by atoms with van der Waals surface area (Å²) in [5.41, 5.74) is 2.10. The van der Waals surface area contributed by atoms with Crippen molar-refractivity contribution in [3.63, 3.8) is 0 Å². The Kier molecular flexibility index (Phi) is 4.63. The molecule has 0 spiro atoms. The average molecular weight is 329 g/mol. The van der Waals surface area contributed by atoms with Gasteiger partial charge in [-0.05, 0) is 38.1 Å². The van der Waals surface area contributed by atoms with Crippen molar-refractivity contribution in [1.29, 1.82) is 0 Å². The fourth-order valence-corrected chi connectivity index (χ4v) is 4.06. The van der Waals surface area contributed by atoms with Crippen LogP contribution in [0.5, 0.6) is 0 Å². The Balaban J connectivity index is 1.72. The van der Waals surface area contributed by atoms with Gasteiger partial charge in [-0.1, -0.05) is 24.3 Å². The summed E-state index contributed by atoms with van der Waals surface area (Å²) in [6, 6.07) is 8.57. The topological polar surface area (TPSA) is 52.7 Å². The molecule has 1 aromatic rings. The molecular formula is C19H27N3O2. The smallest absolute Gasteiger partial charge is 0.243 e. The largest absolute Gasteiger partial charge is 0.353 e. The maximum absolute atomic E-state index is 13.4. The standard InChI is InChI=1S/C19H27N3O2/c1-14(23)20-17-8-10-22(11-9-17)18(24)19(21(2)3)12-15-6-4-5-7-16(15)13-19/h4-7,17H,8-13H2,1-3H3,(H,20,23). The lowest BCUT2D eigenvalue weighted by Gasteiger charge is -2.41. The first kappa shape index (κ1) is 17.0. The van der Waals surface area contributed by atoms with E-state index in [9.17, 15) is 9.59 Å². The number of hydrogen-bond acceptors (Lipinski definition) is 3. The van der Waals surface area contributed by atoms with Gasteiger partial charge in [0, 0.05) is 38.9 Å². The van der Waals surface area contributed by atoms with Crippen LogP contribution in [-0.2, 0) is 22.4 Å². The molecule has 0 bridgehead atoms. The van der Waals surface area contributed by atoms with Gasteiger partial charge in [0.05, 0.1) is 0 Å². The number of likely N-dealkylation sites (tertiary alicyclic amines) is 1. The van der Waals surface area contributed by atoms with Gasteiger partial charge >= 0.3 is 0 Å². The number of hydrogen-bond donors (Lipinski definition) is 1. The molecule has 1 aliphatic carbocycles.